The van der Waals surface area contributed by atoms with Crippen molar-refractivity contribution in [2.24, 2.45) is 0 Å². The van der Waals surface area contributed by atoms with E-state index in [0.717, 1.165) is 5.52 Å². The molecular weight excluding hydrogens is 204 g/mol. The molecule has 3 rings (SSSR count). The van der Waals surface area contributed by atoms with E-state index in [0.29, 0.717) is 0 Å². The van der Waals surface area contributed by atoms with Gasteiger partial charge in [-0.1, -0.05) is 17.4 Å². The Labute approximate surface area is 93.6 Å². The highest BCUT2D eigenvalue weighted by molar-refractivity contribution is 7.22. The molecule has 1 aromatic heterocycles. The average Bonchev–Trinajstić information content (AvgIpc) is 2.84. The van der Waals surface area contributed by atoms with Crippen LogP contribution in [0.15, 0.2) is 18.2 Å². The smallest absolute Gasteiger partial charge is 0.186 e. The molecule has 2 aromatic rings. The zero-order chi connectivity index (χ0) is 10.3. The summed E-state index contributed by atoms with van der Waals surface area (Å²) in [6.45, 7) is 4.49. The van der Waals surface area contributed by atoms with Crippen molar-refractivity contribution < 1.29 is 0 Å². The van der Waals surface area contributed by atoms with Gasteiger partial charge in [-0.15, -0.1) is 0 Å². The quantitative estimate of drug-likeness (QED) is 0.730. The average molecular weight is 218 g/mol. The van der Waals surface area contributed by atoms with Crippen LogP contribution in [0.3, 0.4) is 0 Å². The zero-order valence-electron chi connectivity index (χ0n) is 8.86. The van der Waals surface area contributed by atoms with Gasteiger partial charge in [-0.25, -0.2) is 4.98 Å². The van der Waals surface area contributed by atoms with Gasteiger partial charge in [-0.2, -0.15) is 0 Å². The Morgan fingerprint density at radius 2 is 2.07 bits per heavy atom. The predicted octanol–water partition coefficient (Wildman–Crippen LogP) is 3.20. The maximum atomic E-state index is 4.68. The molecule has 1 aliphatic rings. The largest absolute Gasteiger partial charge is 0.348 e. The molecule has 78 valence electrons. The first-order chi connectivity index (χ1) is 7.33. The monoisotopic (exact) mass is 218 g/mol. The normalized spacial score (nSPS) is 16.5. The minimum Gasteiger partial charge on any atom is -0.348 e. The Balaban J connectivity index is 2.05. The van der Waals surface area contributed by atoms with Gasteiger partial charge in [-0.05, 0) is 37.5 Å². The van der Waals surface area contributed by atoms with Gasteiger partial charge < -0.3 is 4.90 Å². The first-order valence-corrected chi connectivity index (χ1v) is 6.27. The summed E-state index contributed by atoms with van der Waals surface area (Å²) in [7, 11) is 0. The SMILES string of the molecule is Cc1ccc2nc(N3CCCC3)sc2c1. The number of hydrogen-bond donors (Lipinski definition) is 0. The van der Waals surface area contributed by atoms with E-state index in [2.05, 4.69) is 35.0 Å². The molecule has 15 heavy (non-hydrogen) atoms. The maximum Gasteiger partial charge on any atom is 0.186 e. The highest BCUT2D eigenvalue weighted by Crippen LogP contribution is 2.31. The van der Waals surface area contributed by atoms with Crippen LogP contribution >= 0.6 is 11.3 Å². The van der Waals surface area contributed by atoms with Gasteiger partial charge in [0.2, 0.25) is 0 Å². The van der Waals surface area contributed by atoms with Crippen molar-refractivity contribution >= 4 is 26.7 Å². The number of benzene rings is 1. The summed E-state index contributed by atoms with van der Waals surface area (Å²) in [5.74, 6) is 0. The van der Waals surface area contributed by atoms with E-state index in [9.17, 15) is 0 Å². The molecule has 0 unspecified atom stereocenters. The Hall–Kier alpha value is -1.09. The minimum atomic E-state index is 1.15. The van der Waals surface area contributed by atoms with E-state index in [1.807, 2.05) is 11.3 Å². The summed E-state index contributed by atoms with van der Waals surface area (Å²) in [6.07, 6.45) is 2.63. The maximum absolute atomic E-state index is 4.68. The van der Waals surface area contributed by atoms with Crippen molar-refractivity contribution in [1.29, 1.82) is 0 Å². The van der Waals surface area contributed by atoms with Crippen LogP contribution in [-0.4, -0.2) is 18.1 Å². The Morgan fingerprint density at radius 1 is 1.27 bits per heavy atom. The summed E-state index contributed by atoms with van der Waals surface area (Å²) >= 11 is 1.82. The molecule has 0 radical (unpaired) electrons. The fraction of sp³-hybridized carbons (Fsp3) is 0.417. The van der Waals surface area contributed by atoms with Crippen molar-refractivity contribution in [1.82, 2.24) is 4.98 Å². The fourth-order valence-electron chi connectivity index (χ4n) is 2.06. The summed E-state index contributed by atoms with van der Waals surface area (Å²) in [5.41, 5.74) is 2.46. The second-order valence-corrected chi connectivity index (χ2v) is 5.17. The molecule has 0 bridgehead atoms. The second-order valence-electron chi connectivity index (χ2n) is 4.16. The van der Waals surface area contributed by atoms with Gasteiger partial charge in [-0.3, -0.25) is 0 Å². The van der Waals surface area contributed by atoms with Crippen LogP contribution < -0.4 is 4.90 Å². The van der Waals surface area contributed by atoms with Crippen LogP contribution in [0.2, 0.25) is 0 Å². The van der Waals surface area contributed by atoms with Gasteiger partial charge >= 0.3 is 0 Å². The molecule has 3 heteroatoms. The molecule has 0 amide bonds. The molecule has 2 heterocycles. The van der Waals surface area contributed by atoms with E-state index < -0.39 is 0 Å². The van der Waals surface area contributed by atoms with Gasteiger partial charge in [0.05, 0.1) is 10.2 Å². The molecule has 0 saturated carbocycles. The number of fused-ring (bicyclic) bond motifs is 1. The molecule has 1 aromatic carbocycles. The molecular formula is C12H14N2S. The number of aromatic nitrogens is 1. The lowest BCUT2D eigenvalue weighted by Gasteiger charge is -2.11. The predicted molar refractivity (Wildman–Crippen MR) is 65.8 cm³/mol. The highest BCUT2D eigenvalue weighted by atomic mass is 32.1. The first-order valence-electron chi connectivity index (χ1n) is 5.45. The van der Waals surface area contributed by atoms with Crippen molar-refractivity contribution in [3.05, 3.63) is 23.8 Å². The Bertz CT molecular complexity index is 483. The van der Waals surface area contributed by atoms with E-state index in [1.54, 1.807) is 0 Å². The second kappa shape index (κ2) is 3.49. The van der Waals surface area contributed by atoms with Crippen LogP contribution in [0.25, 0.3) is 10.2 Å². The van der Waals surface area contributed by atoms with Crippen molar-refractivity contribution in [3.63, 3.8) is 0 Å². The first kappa shape index (κ1) is 9.16. The summed E-state index contributed by atoms with van der Waals surface area (Å²) in [5, 5.41) is 1.20. The van der Waals surface area contributed by atoms with Gasteiger partial charge in [0.1, 0.15) is 0 Å². The van der Waals surface area contributed by atoms with E-state index >= 15 is 0 Å². The van der Waals surface area contributed by atoms with Crippen LogP contribution in [0.4, 0.5) is 5.13 Å². The van der Waals surface area contributed by atoms with Crippen molar-refractivity contribution in [3.8, 4) is 0 Å². The fourth-order valence-corrected chi connectivity index (χ4v) is 3.18. The molecule has 1 fully saturated rings. The van der Waals surface area contributed by atoms with Gasteiger partial charge in [0, 0.05) is 13.1 Å². The van der Waals surface area contributed by atoms with Gasteiger partial charge in [0.25, 0.3) is 0 Å². The molecule has 0 atom stereocenters. The number of nitrogens with zero attached hydrogens (tertiary/aromatic N) is 2. The lowest BCUT2D eigenvalue weighted by atomic mass is 10.2. The molecule has 0 N–H and O–H groups in total. The minimum absolute atomic E-state index is 1.15. The zero-order valence-corrected chi connectivity index (χ0v) is 9.68. The molecule has 1 aliphatic heterocycles. The third-order valence-corrected chi connectivity index (χ3v) is 3.99. The number of rotatable bonds is 1. The topological polar surface area (TPSA) is 16.1 Å². The third kappa shape index (κ3) is 1.61. The standard InChI is InChI=1S/C12H14N2S/c1-9-4-5-10-11(8-9)15-12(13-10)14-6-2-3-7-14/h4-5,8H,2-3,6-7H2,1H3. The van der Waals surface area contributed by atoms with Crippen molar-refractivity contribution in [2.45, 2.75) is 19.8 Å². The summed E-state index contributed by atoms with van der Waals surface area (Å²) < 4.78 is 1.32. The number of aryl methyl sites for hydroxylation is 1. The number of hydrogen-bond acceptors (Lipinski definition) is 3. The summed E-state index contributed by atoms with van der Waals surface area (Å²) in [6, 6.07) is 6.49. The molecule has 0 aliphatic carbocycles. The Kier molecular flexibility index (Phi) is 2.13. The Morgan fingerprint density at radius 3 is 2.87 bits per heavy atom. The van der Waals surface area contributed by atoms with Crippen LogP contribution in [0.5, 0.6) is 0 Å². The third-order valence-electron chi connectivity index (χ3n) is 2.91. The lowest BCUT2D eigenvalue weighted by Crippen LogP contribution is -2.16. The molecule has 0 spiro atoms. The van der Waals surface area contributed by atoms with E-state index in [1.165, 1.54) is 41.3 Å². The molecule has 2 nitrogen and oxygen atoms in total. The van der Waals surface area contributed by atoms with Gasteiger partial charge in [0.15, 0.2) is 5.13 Å². The number of anilines is 1. The lowest BCUT2D eigenvalue weighted by molar-refractivity contribution is 0.949. The highest BCUT2D eigenvalue weighted by Gasteiger charge is 2.15. The molecule has 1 saturated heterocycles. The van der Waals surface area contributed by atoms with Crippen LogP contribution in [-0.2, 0) is 0 Å². The van der Waals surface area contributed by atoms with E-state index in [4.69, 9.17) is 0 Å². The number of thiazole rings is 1. The van der Waals surface area contributed by atoms with Crippen LogP contribution in [0.1, 0.15) is 18.4 Å². The van der Waals surface area contributed by atoms with E-state index in [-0.39, 0.29) is 0 Å². The van der Waals surface area contributed by atoms with Crippen LogP contribution in [0, 0.1) is 6.92 Å². The van der Waals surface area contributed by atoms with Crippen molar-refractivity contribution in [2.75, 3.05) is 18.0 Å². The summed E-state index contributed by atoms with van der Waals surface area (Å²) in [4.78, 5) is 7.08.